The fourth-order valence-corrected chi connectivity index (χ4v) is 4.61. The lowest BCUT2D eigenvalue weighted by molar-refractivity contribution is -0.126. The van der Waals surface area contributed by atoms with Crippen molar-refractivity contribution in [1.29, 1.82) is 0 Å². The van der Waals surface area contributed by atoms with Gasteiger partial charge in [0.25, 0.3) is 11.8 Å². The fraction of sp³-hybridized carbons (Fsp3) is 0.368. The quantitative estimate of drug-likeness (QED) is 0.645. The minimum Gasteiger partial charge on any atom is -0.387 e. The first kappa shape index (κ1) is 19.6. The van der Waals surface area contributed by atoms with E-state index in [9.17, 15) is 14.4 Å². The number of carbonyl (C=O) groups excluding carboxylic acids is 2. The fourth-order valence-electron chi connectivity index (χ4n) is 3.28. The third-order valence-corrected chi connectivity index (χ3v) is 6.56. The maximum absolute atomic E-state index is 12.4. The average Bonchev–Trinajstić information content (AvgIpc) is 3.50. The average molecular weight is 433 g/mol. The molecule has 1 aliphatic heterocycles. The van der Waals surface area contributed by atoms with Crippen LogP contribution in [0.1, 0.15) is 22.5 Å². The highest BCUT2D eigenvalue weighted by Crippen LogP contribution is 2.22. The lowest BCUT2D eigenvalue weighted by Gasteiger charge is -2.31. The Morgan fingerprint density at radius 2 is 1.93 bits per heavy atom. The number of nitrogens with zero attached hydrogens (tertiary/aromatic N) is 3. The summed E-state index contributed by atoms with van der Waals surface area (Å²) in [6.45, 7) is 1.68. The number of piperidine rings is 1. The second kappa shape index (κ2) is 8.75. The van der Waals surface area contributed by atoms with Gasteiger partial charge in [-0.1, -0.05) is 12.1 Å². The summed E-state index contributed by atoms with van der Waals surface area (Å²) in [6.07, 6.45) is 1.27. The van der Waals surface area contributed by atoms with Gasteiger partial charge in [0.2, 0.25) is 5.91 Å². The minimum absolute atomic E-state index is 0.0332. The zero-order valence-electron chi connectivity index (χ0n) is 15.6. The third kappa shape index (κ3) is 4.48. The van der Waals surface area contributed by atoms with E-state index < -0.39 is 5.76 Å². The number of aromatic nitrogens is 2. The number of hydrogen-bond donors (Lipinski definition) is 1. The highest BCUT2D eigenvalue weighted by molar-refractivity contribution is 7.13. The lowest BCUT2D eigenvalue weighted by Crippen LogP contribution is -2.43. The summed E-state index contributed by atoms with van der Waals surface area (Å²) in [5.41, 5.74) is 0. The van der Waals surface area contributed by atoms with E-state index in [4.69, 9.17) is 4.42 Å². The van der Waals surface area contributed by atoms with E-state index in [2.05, 4.69) is 10.4 Å². The molecule has 2 amide bonds. The van der Waals surface area contributed by atoms with Gasteiger partial charge in [-0.15, -0.1) is 27.8 Å². The Hall–Kier alpha value is -2.72. The Bertz CT molecular complexity index is 1020. The van der Waals surface area contributed by atoms with Crippen molar-refractivity contribution in [2.24, 2.45) is 5.92 Å². The minimum atomic E-state index is -0.539. The molecule has 4 rings (SSSR count). The number of nitrogens with one attached hydrogen (secondary N) is 1. The maximum atomic E-state index is 12.4. The predicted octanol–water partition coefficient (Wildman–Crippen LogP) is 2.29. The maximum Gasteiger partial charge on any atom is 0.437 e. The molecule has 0 atom stereocenters. The Morgan fingerprint density at radius 3 is 2.62 bits per heavy atom. The van der Waals surface area contributed by atoms with E-state index in [-0.39, 0.29) is 24.3 Å². The van der Waals surface area contributed by atoms with E-state index in [0.717, 1.165) is 9.75 Å². The van der Waals surface area contributed by atoms with Crippen LogP contribution in [-0.4, -0.2) is 46.1 Å². The van der Waals surface area contributed by atoms with Crippen LogP contribution < -0.4 is 11.1 Å². The van der Waals surface area contributed by atoms with E-state index in [1.54, 1.807) is 4.90 Å². The topological polar surface area (TPSA) is 97.4 Å². The zero-order chi connectivity index (χ0) is 20.2. The van der Waals surface area contributed by atoms with Gasteiger partial charge in [-0.05, 0) is 35.7 Å². The smallest absolute Gasteiger partial charge is 0.387 e. The Labute approximate surface area is 174 Å². The van der Waals surface area contributed by atoms with Crippen LogP contribution in [0.3, 0.4) is 0 Å². The van der Waals surface area contributed by atoms with Crippen LogP contribution in [0.5, 0.6) is 0 Å². The molecule has 0 radical (unpaired) electrons. The van der Waals surface area contributed by atoms with Gasteiger partial charge in [0, 0.05) is 25.6 Å². The summed E-state index contributed by atoms with van der Waals surface area (Å²) in [6, 6.07) is 7.37. The molecule has 29 heavy (non-hydrogen) atoms. The van der Waals surface area contributed by atoms with E-state index in [0.29, 0.717) is 38.4 Å². The van der Waals surface area contributed by atoms with Gasteiger partial charge < -0.3 is 14.6 Å². The summed E-state index contributed by atoms with van der Waals surface area (Å²) < 4.78 is 6.37. The molecule has 1 aliphatic rings. The molecule has 8 nitrogen and oxygen atoms in total. The molecule has 3 aromatic heterocycles. The highest BCUT2D eigenvalue weighted by atomic mass is 32.1. The van der Waals surface area contributed by atoms with Gasteiger partial charge in [-0.2, -0.15) is 4.68 Å². The second-order valence-corrected chi connectivity index (χ2v) is 8.60. The molecule has 10 heteroatoms. The number of amides is 2. The monoisotopic (exact) mass is 432 g/mol. The summed E-state index contributed by atoms with van der Waals surface area (Å²) in [4.78, 5) is 40.0. The van der Waals surface area contributed by atoms with Crippen molar-refractivity contribution in [2.75, 3.05) is 19.6 Å². The number of rotatable bonds is 6. The summed E-state index contributed by atoms with van der Waals surface area (Å²) in [5.74, 6) is -0.394. The number of thiophene rings is 2. The molecule has 0 saturated carbocycles. The van der Waals surface area contributed by atoms with Crippen molar-refractivity contribution in [2.45, 2.75) is 19.4 Å². The summed E-state index contributed by atoms with van der Waals surface area (Å²) in [5, 5.41) is 10.8. The first-order chi connectivity index (χ1) is 14.1. The lowest BCUT2D eigenvalue weighted by atomic mass is 9.96. The zero-order valence-corrected chi connectivity index (χ0v) is 17.2. The molecular formula is C19H20N4O4S2. The summed E-state index contributed by atoms with van der Waals surface area (Å²) >= 11 is 2.87. The van der Waals surface area contributed by atoms with Gasteiger partial charge >= 0.3 is 5.76 Å². The van der Waals surface area contributed by atoms with Crippen molar-refractivity contribution in [3.63, 3.8) is 0 Å². The molecule has 1 N–H and O–H groups in total. The molecule has 0 spiro atoms. The molecular weight excluding hydrogens is 412 g/mol. The third-order valence-electron chi connectivity index (χ3n) is 4.85. The van der Waals surface area contributed by atoms with Gasteiger partial charge in [-0.25, -0.2) is 4.79 Å². The van der Waals surface area contributed by atoms with Crippen LogP contribution in [0.4, 0.5) is 0 Å². The SMILES string of the molecule is O=C(NCCn1nc(-c2cccs2)oc1=O)C1CCN(C(=O)c2cccs2)CC1. The molecule has 0 unspecified atom stereocenters. The van der Waals surface area contributed by atoms with Crippen LogP contribution in [0.25, 0.3) is 10.8 Å². The van der Waals surface area contributed by atoms with Crippen molar-refractivity contribution < 1.29 is 14.0 Å². The number of carbonyl (C=O) groups is 2. The molecule has 0 bridgehead atoms. The number of likely N-dealkylation sites (tertiary alicyclic amines) is 1. The largest absolute Gasteiger partial charge is 0.437 e. The molecule has 1 fully saturated rings. The van der Waals surface area contributed by atoms with Gasteiger partial charge in [-0.3, -0.25) is 9.59 Å². The standard InChI is InChI=1S/C19H20N4O4S2/c24-16(13-5-8-22(9-6-13)18(25)15-4-2-12-29-15)20-7-10-23-19(26)27-17(21-23)14-3-1-11-28-14/h1-4,11-13H,5-10H2,(H,20,24). The van der Waals surface area contributed by atoms with E-state index in [1.807, 2.05) is 35.0 Å². The van der Waals surface area contributed by atoms with Crippen LogP contribution in [0.15, 0.2) is 44.2 Å². The van der Waals surface area contributed by atoms with E-state index in [1.165, 1.54) is 27.4 Å². The molecule has 0 aliphatic carbocycles. The first-order valence-electron chi connectivity index (χ1n) is 9.34. The van der Waals surface area contributed by atoms with Gasteiger partial charge in [0.05, 0.1) is 16.3 Å². The van der Waals surface area contributed by atoms with Crippen LogP contribution in [-0.2, 0) is 11.3 Å². The molecule has 4 heterocycles. The van der Waals surface area contributed by atoms with Crippen LogP contribution in [0.2, 0.25) is 0 Å². The Morgan fingerprint density at radius 1 is 1.17 bits per heavy atom. The summed E-state index contributed by atoms with van der Waals surface area (Å²) in [7, 11) is 0. The van der Waals surface area contributed by atoms with Crippen molar-refractivity contribution in [3.8, 4) is 10.8 Å². The molecule has 1 saturated heterocycles. The Kier molecular flexibility index (Phi) is 5.91. The second-order valence-electron chi connectivity index (χ2n) is 6.71. The molecule has 3 aromatic rings. The van der Waals surface area contributed by atoms with Crippen molar-refractivity contribution in [3.05, 3.63) is 50.5 Å². The van der Waals surface area contributed by atoms with Crippen LogP contribution in [0, 0.1) is 5.92 Å². The number of hydrogen-bond acceptors (Lipinski definition) is 7. The predicted molar refractivity (Wildman–Crippen MR) is 110 cm³/mol. The van der Waals surface area contributed by atoms with Gasteiger partial charge in [0.15, 0.2) is 0 Å². The van der Waals surface area contributed by atoms with Crippen molar-refractivity contribution in [1.82, 2.24) is 20.0 Å². The molecule has 152 valence electrons. The van der Waals surface area contributed by atoms with Gasteiger partial charge in [0.1, 0.15) is 0 Å². The van der Waals surface area contributed by atoms with Crippen LogP contribution >= 0.6 is 22.7 Å². The normalized spacial score (nSPS) is 14.8. The molecule has 0 aromatic carbocycles. The van der Waals surface area contributed by atoms with Crippen molar-refractivity contribution >= 4 is 34.5 Å². The first-order valence-corrected chi connectivity index (χ1v) is 11.1. The van der Waals surface area contributed by atoms with E-state index >= 15 is 0 Å². The Balaban J connectivity index is 1.24. The highest BCUT2D eigenvalue weighted by Gasteiger charge is 2.28.